The minimum atomic E-state index is -0.324. The van der Waals surface area contributed by atoms with Gasteiger partial charge in [-0.1, -0.05) is 24.3 Å². The van der Waals surface area contributed by atoms with Crippen LogP contribution in [0.2, 0.25) is 0 Å². The molecule has 0 spiro atoms. The minimum absolute atomic E-state index is 0.0502. The van der Waals surface area contributed by atoms with Gasteiger partial charge in [0.05, 0.1) is 6.04 Å². The average molecular weight is 299 g/mol. The number of benzene rings is 2. The van der Waals surface area contributed by atoms with Crippen molar-refractivity contribution in [1.29, 1.82) is 0 Å². The van der Waals surface area contributed by atoms with Gasteiger partial charge in [-0.05, 0) is 54.7 Å². The van der Waals surface area contributed by atoms with E-state index in [4.69, 9.17) is 4.74 Å². The van der Waals surface area contributed by atoms with Crippen LogP contribution < -0.4 is 10.1 Å². The van der Waals surface area contributed by atoms with Crippen molar-refractivity contribution < 1.29 is 13.9 Å². The van der Waals surface area contributed by atoms with Gasteiger partial charge in [-0.3, -0.25) is 4.79 Å². The molecule has 1 aliphatic rings. The van der Waals surface area contributed by atoms with Gasteiger partial charge in [-0.2, -0.15) is 0 Å². The van der Waals surface area contributed by atoms with Crippen LogP contribution in [-0.4, -0.2) is 12.5 Å². The van der Waals surface area contributed by atoms with Crippen LogP contribution in [0.1, 0.15) is 30.0 Å². The zero-order chi connectivity index (χ0) is 15.4. The van der Waals surface area contributed by atoms with Crippen LogP contribution in [0, 0.1) is 5.82 Å². The van der Waals surface area contributed by atoms with Crippen molar-refractivity contribution in [2.75, 3.05) is 6.61 Å². The number of rotatable bonds is 4. The van der Waals surface area contributed by atoms with E-state index in [-0.39, 0.29) is 24.4 Å². The standard InChI is InChI=1S/C18H18FNO2/c19-14-8-10-15(11-9-14)22-12-18(21)20-17-7-3-5-13-4-1-2-6-16(13)17/h1-2,4,6,8-11,17H,3,5,7,12H2,(H,20,21). The van der Waals surface area contributed by atoms with E-state index in [9.17, 15) is 9.18 Å². The smallest absolute Gasteiger partial charge is 0.258 e. The molecular weight excluding hydrogens is 281 g/mol. The Morgan fingerprint density at radius 3 is 2.77 bits per heavy atom. The summed E-state index contributed by atoms with van der Waals surface area (Å²) in [7, 11) is 0. The van der Waals surface area contributed by atoms with Crippen molar-refractivity contribution in [1.82, 2.24) is 5.32 Å². The number of hydrogen-bond acceptors (Lipinski definition) is 2. The van der Waals surface area contributed by atoms with Gasteiger partial charge in [0, 0.05) is 0 Å². The molecule has 0 aliphatic heterocycles. The summed E-state index contributed by atoms with van der Waals surface area (Å²) in [5.74, 6) is 0.00207. The quantitative estimate of drug-likeness (QED) is 0.939. The molecule has 3 nitrogen and oxygen atoms in total. The van der Waals surface area contributed by atoms with Gasteiger partial charge in [0.1, 0.15) is 11.6 Å². The Hall–Kier alpha value is -2.36. The van der Waals surface area contributed by atoms with Gasteiger partial charge in [-0.15, -0.1) is 0 Å². The third kappa shape index (κ3) is 3.45. The summed E-state index contributed by atoms with van der Waals surface area (Å²) in [6.07, 6.45) is 3.08. The van der Waals surface area contributed by atoms with Crippen LogP contribution in [0.25, 0.3) is 0 Å². The topological polar surface area (TPSA) is 38.3 Å². The third-order valence-corrected chi connectivity index (χ3v) is 3.89. The number of halogens is 1. The largest absolute Gasteiger partial charge is 0.484 e. The summed E-state index contributed by atoms with van der Waals surface area (Å²) >= 11 is 0. The maximum absolute atomic E-state index is 12.8. The summed E-state index contributed by atoms with van der Waals surface area (Å²) in [4.78, 5) is 12.1. The highest BCUT2D eigenvalue weighted by Crippen LogP contribution is 2.29. The van der Waals surface area contributed by atoms with Gasteiger partial charge in [0.25, 0.3) is 5.91 Å². The Kier molecular flexibility index (Phi) is 4.37. The molecule has 0 radical (unpaired) electrons. The molecule has 0 fully saturated rings. The SMILES string of the molecule is O=C(COc1ccc(F)cc1)NC1CCCc2ccccc21. The molecule has 0 heterocycles. The van der Waals surface area contributed by atoms with Crippen molar-refractivity contribution in [2.45, 2.75) is 25.3 Å². The van der Waals surface area contributed by atoms with Gasteiger partial charge in [-0.25, -0.2) is 4.39 Å². The predicted octanol–water partition coefficient (Wildman–Crippen LogP) is 3.40. The van der Waals surface area contributed by atoms with E-state index in [1.807, 2.05) is 12.1 Å². The minimum Gasteiger partial charge on any atom is -0.484 e. The molecule has 2 aromatic rings. The highest BCUT2D eigenvalue weighted by Gasteiger charge is 2.21. The summed E-state index contributed by atoms with van der Waals surface area (Å²) in [5.41, 5.74) is 2.50. The van der Waals surface area contributed by atoms with E-state index in [0.29, 0.717) is 5.75 Å². The molecule has 1 atom stereocenters. The number of carbonyl (C=O) groups excluding carboxylic acids is 1. The Bertz CT molecular complexity index is 654. The fourth-order valence-corrected chi connectivity index (χ4v) is 2.82. The van der Waals surface area contributed by atoms with Gasteiger partial charge in [0.2, 0.25) is 0 Å². The zero-order valence-corrected chi connectivity index (χ0v) is 12.2. The number of fused-ring (bicyclic) bond motifs is 1. The first kappa shape index (κ1) is 14.6. The van der Waals surface area contributed by atoms with E-state index in [1.165, 1.54) is 35.4 Å². The van der Waals surface area contributed by atoms with Crippen LogP contribution in [0.15, 0.2) is 48.5 Å². The van der Waals surface area contributed by atoms with Crippen molar-refractivity contribution in [2.24, 2.45) is 0 Å². The van der Waals surface area contributed by atoms with E-state index >= 15 is 0 Å². The molecule has 1 aliphatic carbocycles. The van der Waals surface area contributed by atoms with Gasteiger partial charge in [0.15, 0.2) is 6.61 Å². The number of nitrogens with one attached hydrogen (secondary N) is 1. The lowest BCUT2D eigenvalue weighted by atomic mass is 9.88. The van der Waals surface area contributed by atoms with E-state index in [0.717, 1.165) is 19.3 Å². The lowest BCUT2D eigenvalue weighted by Crippen LogP contribution is -2.34. The Balaban J connectivity index is 1.57. The molecule has 114 valence electrons. The molecule has 1 unspecified atom stereocenters. The summed E-state index contributed by atoms with van der Waals surface area (Å²) < 4.78 is 18.2. The first-order chi connectivity index (χ1) is 10.7. The normalized spacial score (nSPS) is 16.7. The molecule has 2 aromatic carbocycles. The molecule has 3 rings (SSSR count). The second-order valence-electron chi connectivity index (χ2n) is 5.45. The maximum Gasteiger partial charge on any atom is 0.258 e. The molecule has 1 amide bonds. The summed E-state index contributed by atoms with van der Waals surface area (Å²) in [6.45, 7) is -0.0652. The molecular formula is C18H18FNO2. The second-order valence-corrected chi connectivity index (χ2v) is 5.45. The Morgan fingerprint density at radius 1 is 1.18 bits per heavy atom. The highest BCUT2D eigenvalue weighted by molar-refractivity contribution is 5.78. The van der Waals surface area contributed by atoms with Crippen LogP contribution in [0.4, 0.5) is 4.39 Å². The van der Waals surface area contributed by atoms with Crippen LogP contribution >= 0.6 is 0 Å². The van der Waals surface area contributed by atoms with Crippen molar-refractivity contribution in [3.8, 4) is 5.75 Å². The summed E-state index contributed by atoms with van der Waals surface area (Å²) in [6, 6.07) is 13.9. The first-order valence-electron chi connectivity index (χ1n) is 7.48. The molecule has 0 saturated carbocycles. The lowest BCUT2D eigenvalue weighted by Gasteiger charge is -2.26. The molecule has 4 heteroatoms. The van der Waals surface area contributed by atoms with E-state index in [1.54, 1.807) is 0 Å². The Labute approximate surface area is 129 Å². The van der Waals surface area contributed by atoms with Crippen LogP contribution in [0.5, 0.6) is 5.75 Å². The lowest BCUT2D eigenvalue weighted by molar-refractivity contribution is -0.123. The van der Waals surface area contributed by atoms with Crippen LogP contribution in [0.3, 0.4) is 0 Å². The predicted molar refractivity (Wildman–Crippen MR) is 82.2 cm³/mol. The molecule has 0 saturated heterocycles. The monoisotopic (exact) mass is 299 g/mol. The first-order valence-corrected chi connectivity index (χ1v) is 7.48. The fraction of sp³-hybridized carbons (Fsp3) is 0.278. The molecule has 22 heavy (non-hydrogen) atoms. The van der Waals surface area contributed by atoms with Gasteiger partial charge >= 0.3 is 0 Å². The molecule has 0 bridgehead atoms. The second kappa shape index (κ2) is 6.60. The van der Waals surface area contributed by atoms with E-state index < -0.39 is 0 Å². The number of carbonyl (C=O) groups is 1. The Morgan fingerprint density at radius 2 is 1.95 bits per heavy atom. The van der Waals surface area contributed by atoms with Crippen molar-refractivity contribution in [3.05, 3.63) is 65.5 Å². The van der Waals surface area contributed by atoms with Crippen molar-refractivity contribution >= 4 is 5.91 Å². The van der Waals surface area contributed by atoms with Crippen molar-refractivity contribution in [3.63, 3.8) is 0 Å². The summed E-state index contributed by atoms with van der Waals surface area (Å²) in [5, 5.41) is 3.02. The highest BCUT2D eigenvalue weighted by atomic mass is 19.1. The fourth-order valence-electron chi connectivity index (χ4n) is 2.82. The maximum atomic E-state index is 12.8. The average Bonchev–Trinajstić information content (AvgIpc) is 2.55. The third-order valence-electron chi connectivity index (χ3n) is 3.89. The molecule has 0 aromatic heterocycles. The zero-order valence-electron chi connectivity index (χ0n) is 12.2. The van der Waals surface area contributed by atoms with E-state index in [2.05, 4.69) is 17.4 Å². The molecule has 1 N–H and O–H groups in total. The number of ether oxygens (including phenoxy) is 1. The number of amides is 1. The number of aryl methyl sites for hydroxylation is 1. The van der Waals surface area contributed by atoms with Crippen LogP contribution in [-0.2, 0) is 11.2 Å². The number of hydrogen-bond donors (Lipinski definition) is 1. The van der Waals surface area contributed by atoms with Gasteiger partial charge < -0.3 is 10.1 Å².